The highest BCUT2D eigenvalue weighted by molar-refractivity contribution is 5.75. The monoisotopic (exact) mass is 164 g/mol. The predicted molar refractivity (Wildman–Crippen MR) is 48.7 cm³/mol. The molecular weight excluding hydrogens is 144 g/mol. The van der Waals surface area contributed by atoms with E-state index in [1.165, 1.54) is 0 Å². The molecule has 0 amide bonds. The number of rotatable bonds is 4. The van der Waals surface area contributed by atoms with Gasteiger partial charge in [-0.15, -0.1) is 0 Å². The molecule has 3 heteroatoms. The molecule has 10 heavy (non-hydrogen) atoms. The molecule has 0 aliphatic carbocycles. The largest absolute Gasteiger partial charge is 0.351 e. The lowest BCUT2D eigenvalue weighted by Gasteiger charge is -2.23. The van der Waals surface area contributed by atoms with Gasteiger partial charge in [-0.3, -0.25) is 0 Å². The highest BCUT2D eigenvalue weighted by atomic mass is 28.1. The Balaban J connectivity index is 0. The van der Waals surface area contributed by atoms with Gasteiger partial charge in [-0.1, -0.05) is 0 Å². The van der Waals surface area contributed by atoms with E-state index in [-0.39, 0.29) is 11.0 Å². The fourth-order valence-corrected chi connectivity index (χ4v) is 0.737. The summed E-state index contributed by atoms with van der Waals surface area (Å²) in [5.41, 5.74) is 0. The highest BCUT2D eigenvalue weighted by Crippen LogP contribution is 2.09. The summed E-state index contributed by atoms with van der Waals surface area (Å²) in [6, 6.07) is 0. The molecule has 0 aliphatic heterocycles. The first kappa shape index (κ1) is 12.8. The van der Waals surface area contributed by atoms with Gasteiger partial charge in [0.1, 0.15) is 0 Å². The average molecular weight is 164 g/mol. The molecule has 0 unspecified atom stereocenters. The van der Waals surface area contributed by atoms with Gasteiger partial charge < -0.3 is 9.47 Å². The second-order valence-corrected chi connectivity index (χ2v) is 2.27. The van der Waals surface area contributed by atoms with Gasteiger partial charge in [-0.25, -0.2) is 0 Å². The van der Waals surface area contributed by atoms with Crippen molar-refractivity contribution in [3.05, 3.63) is 0 Å². The molecule has 2 nitrogen and oxygen atoms in total. The zero-order valence-electron chi connectivity index (χ0n) is 6.73. The Morgan fingerprint density at radius 2 is 1.30 bits per heavy atom. The van der Waals surface area contributed by atoms with Gasteiger partial charge in [0.2, 0.25) is 0 Å². The summed E-state index contributed by atoms with van der Waals surface area (Å²) in [5, 5.41) is 0. The van der Waals surface area contributed by atoms with Crippen LogP contribution in [0.5, 0.6) is 0 Å². The molecule has 0 heterocycles. The quantitative estimate of drug-likeness (QED) is 0.441. The maximum atomic E-state index is 5.25. The molecule has 0 spiro atoms. The van der Waals surface area contributed by atoms with Crippen LogP contribution in [0, 0.1) is 0 Å². The van der Waals surface area contributed by atoms with E-state index >= 15 is 0 Å². The van der Waals surface area contributed by atoms with Gasteiger partial charge in [0.25, 0.3) is 0 Å². The van der Waals surface area contributed by atoms with Crippen molar-refractivity contribution < 1.29 is 9.47 Å². The van der Waals surface area contributed by atoms with Crippen LogP contribution in [-0.4, -0.2) is 30.0 Å². The Morgan fingerprint density at radius 3 is 1.50 bits per heavy atom. The van der Waals surface area contributed by atoms with Gasteiger partial charge in [0, 0.05) is 13.2 Å². The van der Waals surface area contributed by atoms with Crippen LogP contribution < -0.4 is 0 Å². The number of hydrogen-bond acceptors (Lipinski definition) is 2. The van der Waals surface area contributed by atoms with Crippen molar-refractivity contribution in [2.75, 3.05) is 13.2 Å². The van der Waals surface area contributed by atoms with Crippen molar-refractivity contribution in [2.24, 2.45) is 0 Å². The van der Waals surface area contributed by atoms with Crippen LogP contribution in [-0.2, 0) is 9.47 Å². The zero-order valence-corrected chi connectivity index (χ0v) is 6.73. The third-order valence-electron chi connectivity index (χ3n) is 0.984. The molecule has 0 aliphatic rings. The van der Waals surface area contributed by atoms with Crippen LogP contribution >= 0.6 is 0 Å². The van der Waals surface area contributed by atoms with Gasteiger partial charge in [-0.05, 0) is 38.7 Å². The second-order valence-electron chi connectivity index (χ2n) is 2.27. The molecule has 0 fully saturated rings. The van der Waals surface area contributed by atoms with E-state index in [1.54, 1.807) is 0 Å². The lowest BCUT2D eigenvalue weighted by Crippen LogP contribution is -2.28. The third-order valence-corrected chi connectivity index (χ3v) is 0.984. The molecule has 0 radical (unpaired) electrons. The minimum atomic E-state index is -0.399. The van der Waals surface area contributed by atoms with Crippen molar-refractivity contribution in [1.29, 1.82) is 0 Å². The first-order valence-corrected chi connectivity index (χ1v) is 3.40. The minimum Gasteiger partial charge on any atom is -0.351 e. The Kier molecular flexibility index (Phi) is 7.52. The summed E-state index contributed by atoms with van der Waals surface area (Å²) >= 11 is 0. The van der Waals surface area contributed by atoms with Gasteiger partial charge in [0.05, 0.1) is 0 Å². The molecule has 0 bridgehead atoms. The van der Waals surface area contributed by atoms with Crippen LogP contribution in [0.1, 0.15) is 27.7 Å². The van der Waals surface area contributed by atoms with Crippen LogP contribution in [0.25, 0.3) is 0 Å². The third kappa shape index (κ3) is 6.26. The SMILES string of the molecule is CCOC(C)(C)OCC.[SiH4]. The Labute approximate surface area is 67.9 Å². The minimum absolute atomic E-state index is 0. The topological polar surface area (TPSA) is 18.5 Å². The van der Waals surface area contributed by atoms with Crippen LogP contribution in [0.2, 0.25) is 0 Å². The Bertz CT molecular complexity index is 66.0. The van der Waals surface area contributed by atoms with E-state index in [0.29, 0.717) is 13.2 Å². The molecule has 0 aromatic heterocycles. The summed E-state index contributed by atoms with van der Waals surface area (Å²) in [7, 11) is 0. The van der Waals surface area contributed by atoms with Crippen molar-refractivity contribution in [3.8, 4) is 0 Å². The highest BCUT2D eigenvalue weighted by Gasteiger charge is 2.15. The summed E-state index contributed by atoms with van der Waals surface area (Å²) < 4.78 is 10.5. The maximum Gasteiger partial charge on any atom is 0.162 e. The zero-order chi connectivity index (χ0) is 7.33. The molecule has 0 aromatic rings. The standard InChI is InChI=1S/C7H16O2.H4Si/c1-5-8-7(3,4)9-6-2;/h5-6H2,1-4H3;1H4. The average Bonchev–Trinajstić information content (AvgIpc) is 1.64. The molecular formula is C7H20O2Si. The van der Waals surface area contributed by atoms with Crippen molar-refractivity contribution >= 4 is 11.0 Å². The summed E-state index contributed by atoms with van der Waals surface area (Å²) in [6.45, 7) is 9.15. The van der Waals surface area contributed by atoms with Crippen LogP contribution in [0.3, 0.4) is 0 Å². The maximum absolute atomic E-state index is 5.25. The van der Waals surface area contributed by atoms with Gasteiger partial charge in [0.15, 0.2) is 5.79 Å². The second kappa shape index (κ2) is 5.89. The fraction of sp³-hybridized carbons (Fsp3) is 1.00. The lowest BCUT2D eigenvalue weighted by molar-refractivity contribution is -0.207. The molecule has 0 N–H and O–H groups in total. The molecule has 0 rings (SSSR count). The lowest BCUT2D eigenvalue weighted by atomic mass is 10.4. The fourth-order valence-electron chi connectivity index (χ4n) is 0.737. The van der Waals surface area contributed by atoms with Crippen LogP contribution in [0.15, 0.2) is 0 Å². The predicted octanol–water partition coefficient (Wildman–Crippen LogP) is 0.344. The summed E-state index contributed by atoms with van der Waals surface area (Å²) in [5.74, 6) is -0.399. The first-order chi connectivity index (χ1) is 4.12. The van der Waals surface area contributed by atoms with Crippen LogP contribution in [0.4, 0.5) is 0 Å². The molecule has 0 saturated heterocycles. The molecule has 0 aromatic carbocycles. The molecule has 0 saturated carbocycles. The smallest absolute Gasteiger partial charge is 0.162 e. The van der Waals surface area contributed by atoms with Gasteiger partial charge >= 0.3 is 0 Å². The Hall–Kier alpha value is 0.137. The van der Waals surface area contributed by atoms with E-state index in [0.717, 1.165) is 0 Å². The number of hydrogen-bond donors (Lipinski definition) is 0. The Morgan fingerprint density at radius 1 is 1.00 bits per heavy atom. The number of ether oxygens (including phenoxy) is 2. The van der Waals surface area contributed by atoms with E-state index in [4.69, 9.17) is 9.47 Å². The van der Waals surface area contributed by atoms with Gasteiger partial charge in [-0.2, -0.15) is 0 Å². The van der Waals surface area contributed by atoms with Crippen molar-refractivity contribution in [2.45, 2.75) is 33.5 Å². The normalized spacial score (nSPS) is 10.8. The molecule has 64 valence electrons. The van der Waals surface area contributed by atoms with Crippen molar-refractivity contribution in [3.63, 3.8) is 0 Å². The van der Waals surface area contributed by atoms with E-state index in [9.17, 15) is 0 Å². The van der Waals surface area contributed by atoms with E-state index in [2.05, 4.69) is 0 Å². The van der Waals surface area contributed by atoms with E-state index in [1.807, 2.05) is 27.7 Å². The molecule has 0 atom stereocenters. The summed E-state index contributed by atoms with van der Waals surface area (Å²) in [6.07, 6.45) is 0. The first-order valence-electron chi connectivity index (χ1n) is 3.40. The van der Waals surface area contributed by atoms with E-state index < -0.39 is 5.79 Å². The summed E-state index contributed by atoms with van der Waals surface area (Å²) in [4.78, 5) is 0. The van der Waals surface area contributed by atoms with Crippen molar-refractivity contribution in [1.82, 2.24) is 0 Å².